The van der Waals surface area contributed by atoms with Gasteiger partial charge in [-0.3, -0.25) is 0 Å². The van der Waals surface area contributed by atoms with E-state index in [4.69, 9.17) is 4.74 Å². The number of benzene rings is 4. The molecule has 0 fully saturated rings. The molecule has 0 amide bonds. The zero-order valence-electron chi connectivity index (χ0n) is 18.6. The molecule has 0 atom stereocenters. The van der Waals surface area contributed by atoms with Crippen LogP contribution in [-0.4, -0.2) is 13.7 Å². The van der Waals surface area contributed by atoms with Crippen LogP contribution >= 0.6 is 0 Å². The first-order valence-corrected chi connectivity index (χ1v) is 10.7. The van der Waals surface area contributed by atoms with Crippen LogP contribution in [0.1, 0.15) is 16.7 Å². The fraction of sp³-hybridized carbons (Fsp3) is 0.185. The Hall–Kier alpha value is -3.52. The maximum Gasteiger partial charge on any atom is 0.387 e. The van der Waals surface area contributed by atoms with Crippen LogP contribution in [0.2, 0.25) is 0 Å². The molecule has 8 heteroatoms. The number of hydrogen-bond donors (Lipinski definition) is 0. The highest BCUT2D eigenvalue weighted by molar-refractivity contribution is 5.88. The van der Waals surface area contributed by atoms with Crippen molar-refractivity contribution in [2.75, 3.05) is 7.11 Å². The lowest BCUT2D eigenvalue weighted by Gasteiger charge is -2.11. The largest absolute Gasteiger partial charge is 0.429 e. The topological polar surface area (TPSA) is 18.5 Å². The van der Waals surface area contributed by atoms with Gasteiger partial charge < -0.3 is 9.47 Å². The first kappa shape index (κ1) is 24.6. The van der Waals surface area contributed by atoms with Gasteiger partial charge in [0.2, 0.25) is 0 Å². The van der Waals surface area contributed by atoms with Crippen molar-refractivity contribution in [2.45, 2.75) is 26.1 Å². The molecule has 0 aliphatic carbocycles. The van der Waals surface area contributed by atoms with Crippen molar-refractivity contribution in [3.63, 3.8) is 0 Å². The second kappa shape index (κ2) is 10.4. The molecular weight excluding hydrogens is 470 g/mol. The summed E-state index contributed by atoms with van der Waals surface area (Å²) in [6, 6.07) is 14.7. The second-order valence-corrected chi connectivity index (χ2v) is 7.99. The molecule has 0 aromatic heterocycles. The number of hydrogen-bond acceptors (Lipinski definition) is 2. The molecular formula is C27H20F6O2. The van der Waals surface area contributed by atoms with E-state index < -0.39 is 35.6 Å². The highest BCUT2D eigenvalue weighted by atomic mass is 19.3. The number of fused-ring (bicyclic) bond motifs is 1. The molecule has 4 aromatic rings. The van der Waals surface area contributed by atoms with Gasteiger partial charge in [0.1, 0.15) is 11.6 Å². The van der Waals surface area contributed by atoms with Crippen molar-refractivity contribution in [2.24, 2.45) is 0 Å². The maximum absolute atomic E-state index is 15.1. The zero-order valence-corrected chi connectivity index (χ0v) is 18.6. The summed E-state index contributed by atoms with van der Waals surface area (Å²) in [6.45, 7) is -3.07. The number of halogens is 6. The smallest absolute Gasteiger partial charge is 0.387 e. The van der Waals surface area contributed by atoms with Crippen molar-refractivity contribution in [1.82, 2.24) is 0 Å². The molecule has 4 rings (SSSR count). The summed E-state index contributed by atoms with van der Waals surface area (Å²) in [7, 11) is 1.52. The molecule has 0 radical (unpaired) electrons. The first-order chi connectivity index (χ1) is 16.8. The summed E-state index contributed by atoms with van der Waals surface area (Å²) in [5.74, 6) is -4.58. The summed E-state index contributed by atoms with van der Waals surface area (Å²) in [5.41, 5.74) is 2.14. The number of alkyl halides is 2. The van der Waals surface area contributed by atoms with Gasteiger partial charge in [-0.25, -0.2) is 17.6 Å². The van der Waals surface area contributed by atoms with Gasteiger partial charge in [0.05, 0.1) is 6.61 Å². The lowest BCUT2D eigenvalue weighted by molar-refractivity contribution is -0.0546. The Balaban J connectivity index is 1.56. The van der Waals surface area contributed by atoms with E-state index in [0.717, 1.165) is 12.1 Å². The van der Waals surface area contributed by atoms with Gasteiger partial charge in [0.25, 0.3) is 0 Å². The number of ether oxygens (including phenoxy) is 2. The minimum Gasteiger partial charge on any atom is -0.429 e. The summed E-state index contributed by atoms with van der Waals surface area (Å²) in [6.07, 6.45) is 0.190. The molecule has 0 saturated heterocycles. The molecule has 0 unspecified atom stereocenters. The van der Waals surface area contributed by atoms with Crippen LogP contribution in [0.4, 0.5) is 26.3 Å². The van der Waals surface area contributed by atoms with Crippen LogP contribution in [0, 0.1) is 23.3 Å². The predicted molar refractivity (Wildman–Crippen MR) is 120 cm³/mol. The van der Waals surface area contributed by atoms with Gasteiger partial charge in [-0.2, -0.15) is 8.78 Å². The Morgan fingerprint density at radius 3 is 2.11 bits per heavy atom. The molecule has 0 saturated carbocycles. The highest BCUT2D eigenvalue weighted by Crippen LogP contribution is 2.31. The Kier molecular flexibility index (Phi) is 7.31. The SMILES string of the molecule is COCc1ccc(-c2ccc3c(F)c(CCc4cc(F)c(OC(F)F)c(F)c4)ccc3c2)c(F)c1. The highest BCUT2D eigenvalue weighted by Gasteiger charge is 2.17. The van der Waals surface area contributed by atoms with Crippen molar-refractivity contribution in [3.8, 4) is 16.9 Å². The van der Waals surface area contributed by atoms with Gasteiger partial charge in [-0.05, 0) is 64.7 Å². The van der Waals surface area contributed by atoms with Crippen molar-refractivity contribution in [1.29, 1.82) is 0 Å². The van der Waals surface area contributed by atoms with Crippen LogP contribution in [0.25, 0.3) is 21.9 Å². The van der Waals surface area contributed by atoms with Gasteiger partial charge in [0, 0.05) is 18.1 Å². The third-order valence-electron chi connectivity index (χ3n) is 5.64. The Labute approximate surface area is 197 Å². The molecule has 4 aromatic carbocycles. The van der Waals surface area contributed by atoms with Gasteiger partial charge in [-0.15, -0.1) is 0 Å². The minimum atomic E-state index is -3.36. The predicted octanol–water partition coefficient (Wildman–Crippen LogP) is 7.60. The van der Waals surface area contributed by atoms with E-state index in [1.165, 1.54) is 13.2 Å². The van der Waals surface area contributed by atoms with Crippen molar-refractivity contribution in [3.05, 3.63) is 101 Å². The van der Waals surface area contributed by atoms with Crippen molar-refractivity contribution >= 4 is 10.8 Å². The summed E-state index contributed by atoms with van der Waals surface area (Å²) < 4.78 is 91.1. The quantitative estimate of drug-likeness (QED) is 0.237. The summed E-state index contributed by atoms with van der Waals surface area (Å²) >= 11 is 0. The first-order valence-electron chi connectivity index (χ1n) is 10.7. The fourth-order valence-electron chi connectivity index (χ4n) is 3.98. The molecule has 0 aliphatic rings. The van der Waals surface area contributed by atoms with E-state index in [9.17, 15) is 22.0 Å². The average Bonchev–Trinajstić information content (AvgIpc) is 2.81. The second-order valence-electron chi connectivity index (χ2n) is 7.99. The molecule has 2 nitrogen and oxygen atoms in total. The third kappa shape index (κ3) is 5.43. The maximum atomic E-state index is 15.1. The van der Waals surface area contributed by atoms with E-state index in [1.54, 1.807) is 42.5 Å². The lowest BCUT2D eigenvalue weighted by atomic mass is 9.96. The number of aryl methyl sites for hydroxylation is 2. The number of methoxy groups -OCH3 is 1. The minimum absolute atomic E-state index is 0.0718. The Morgan fingerprint density at radius 2 is 1.46 bits per heavy atom. The zero-order chi connectivity index (χ0) is 25.1. The monoisotopic (exact) mass is 490 g/mol. The fourth-order valence-corrected chi connectivity index (χ4v) is 3.98. The summed E-state index contributed by atoms with van der Waals surface area (Å²) in [4.78, 5) is 0. The molecule has 0 N–H and O–H groups in total. The van der Waals surface area contributed by atoms with E-state index in [2.05, 4.69) is 4.74 Å². The average molecular weight is 490 g/mol. The van der Waals surface area contributed by atoms with Crippen LogP contribution in [0.15, 0.2) is 60.7 Å². The normalized spacial score (nSPS) is 11.4. The van der Waals surface area contributed by atoms with Gasteiger partial charge in [0.15, 0.2) is 17.4 Å². The van der Waals surface area contributed by atoms with Gasteiger partial charge >= 0.3 is 6.61 Å². The molecule has 0 spiro atoms. The Morgan fingerprint density at radius 1 is 0.743 bits per heavy atom. The van der Waals surface area contributed by atoms with E-state index >= 15 is 4.39 Å². The number of rotatable bonds is 8. The van der Waals surface area contributed by atoms with Crippen molar-refractivity contribution < 1.29 is 35.8 Å². The molecule has 0 aliphatic heterocycles. The molecule has 182 valence electrons. The molecule has 0 heterocycles. The summed E-state index contributed by atoms with van der Waals surface area (Å²) in [5, 5.41) is 0.885. The third-order valence-corrected chi connectivity index (χ3v) is 5.64. The molecule has 0 bridgehead atoms. The van der Waals surface area contributed by atoms with Gasteiger partial charge in [-0.1, -0.05) is 36.4 Å². The Bertz CT molecular complexity index is 1350. The molecule has 35 heavy (non-hydrogen) atoms. The van der Waals surface area contributed by atoms with E-state index in [0.29, 0.717) is 33.0 Å². The van der Waals surface area contributed by atoms with Crippen LogP contribution in [0.5, 0.6) is 5.75 Å². The van der Waals surface area contributed by atoms with Crippen LogP contribution < -0.4 is 4.74 Å². The van der Waals surface area contributed by atoms with Crippen LogP contribution in [0.3, 0.4) is 0 Å². The van der Waals surface area contributed by atoms with Crippen LogP contribution in [-0.2, 0) is 24.2 Å². The van der Waals surface area contributed by atoms with E-state index in [1.807, 2.05) is 0 Å². The lowest BCUT2D eigenvalue weighted by Crippen LogP contribution is -2.06. The van der Waals surface area contributed by atoms with E-state index in [-0.39, 0.29) is 25.0 Å². The standard InChI is InChI=1S/C27H20F6O2/c1-34-14-16-3-8-20(22(28)12-16)18-7-9-21-19(13-18)6-5-17(25(21)31)4-2-15-10-23(29)26(24(30)11-15)35-27(32)33/h3,5-13,27H,2,4,14H2,1H3.